The second-order valence-electron chi connectivity index (χ2n) is 4.61. The molecule has 10 heteroatoms. The zero-order chi connectivity index (χ0) is 17.1. The Hall–Kier alpha value is -3.01. The molecule has 2 aromatic heterocycles. The van der Waals surface area contributed by atoms with Crippen molar-refractivity contribution in [2.75, 3.05) is 12.9 Å². The average molecular weight is 345 g/mol. The topological polar surface area (TPSA) is 113 Å². The molecular weight excluding hydrogens is 334 g/mol. The van der Waals surface area contributed by atoms with Gasteiger partial charge >= 0.3 is 5.97 Å². The van der Waals surface area contributed by atoms with E-state index in [1.165, 1.54) is 23.8 Å². The minimum Gasteiger partial charge on any atom is -0.468 e. The second kappa shape index (κ2) is 6.62. The first-order chi connectivity index (χ1) is 11.6. The van der Waals surface area contributed by atoms with Gasteiger partial charge in [-0.15, -0.1) is 5.10 Å². The number of ether oxygens (including phenoxy) is 1. The van der Waals surface area contributed by atoms with Crippen molar-refractivity contribution in [3.05, 3.63) is 46.6 Å². The maximum atomic E-state index is 11.2. The summed E-state index contributed by atoms with van der Waals surface area (Å²) in [7, 11) is 1.31. The normalized spacial score (nSPS) is 10.7. The third kappa shape index (κ3) is 3.18. The van der Waals surface area contributed by atoms with Crippen molar-refractivity contribution >= 4 is 29.2 Å². The largest absolute Gasteiger partial charge is 0.468 e. The molecular formula is C14H11N5O4S. The number of esters is 1. The van der Waals surface area contributed by atoms with E-state index in [0.29, 0.717) is 16.6 Å². The van der Waals surface area contributed by atoms with Gasteiger partial charge in [-0.25, -0.2) is 4.98 Å². The molecule has 0 aliphatic rings. The molecule has 0 fully saturated rings. The Morgan fingerprint density at radius 2 is 2.08 bits per heavy atom. The van der Waals surface area contributed by atoms with Crippen LogP contribution < -0.4 is 0 Å². The van der Waals surface area contributed by atoms with Crippen LogP contribution in [0, 0.1) is 10.1 Å². The summed E-state index contributed by atoms with van der Waals surface area (Å²) in [5, 5.41) is 15.5. The highest BCUT2D eigenvalue weighted by Gasteiger charge is 2.13. The Morgan fingerprint density at radius 3 is 2.75 bits per heavy atom. The Balaban J connectivity index is 1.94. The van der Waals surface area contributed by atoms with Gasteiger partial charge in [-0.1, -0.05) is 11.8 Å². The van der Waals surface area contributed by atoms with Crippen molar-refractivity contribution in [2.45, 2.75) is 5.16 Å². The molecule has 0 saturated carbocycles. The number of methoxy groups -OCH3 is 1. The third-order valence-corrected chi connectivity index (χ3v) is 3.95. The summed E-state index contributed by atoms with van der Waals surface area (Å²) in [5.41, 5.74) is 1.44. The Labute approximate surface area is 139 Å². The Kier molecular flexibility index (Phi) is 4.38. The summed E-state index contributed by atoms with van der Waals surface area (Å²) in [6.07, 6.45) is 1.58. The first kappa shape index (κ1) is 15.9. The molecule has 0 radical (unpaired) electrons. The number of rotatable bonds is 5. The number of hydrogen-bond donors (Lipinski definition) is 0. The second-order valence-corrected chi connectivity index (χ2v) is 5.55. The molecule has 1 aromatic carbocycles. The van der Waals surface area contributed by atoms with E-state index in [2.05, 4.69) is 19.8 Å². The van der Waals surface area contributed by atoms with Crippen LogP contribution in [0.1, 0.15) is 0 Å². The number of nitrogens with zero attached hydrogens (tertiary/aromatic N) is 5. The number of benzene rings is 1. The molecule has 0 N–H and O–H groups in total. The van der Waals surface area contributed by atoms with Crippen LogP contribution in [0.2, 0.25) is 0 Å². The third-order valence-electron chi connectivity index (χ3n) is 3.14. The van der Waals surface area contributed by atoms with E-state index in [-0.39, 0.29) is 17.4 Å². The van der Waals surface area contributed by atoms with E-state index in [1.807, 2.05) is 0 Å². The lowest BCUT2D eigenvalue weighted by molar-refractivity contribution is -0.384. The quantitative estimate of drug-likeness (QED) is 0.298. The minimum absolute atomic E-state index is 0.0111. The van der Waals surface area contributed by atoms with Gasteiger partial charge in [0.15, 0.2) is 0 Å². The van der Waals surface area contributed by atoms with E-state index in [0.717, 1.165) is 17.3 Å². The Morgan fingerprint density at radius 1 is 1.33 bits per heavy atom. The van der Waals surface area contributed by atoms with E-state index < -0.39 is 4.92 Å². The maximum absolute atomic E-state index is 11.2. The number of thioether (sulfide) groups is 1. The van der Waals surface area contributed by atoms with Gasteiger partial charge in [0.2, 0.25) is 5.16 Å². The smallest absolute Gasteiger partial charge is 0.316 e. The maximum Gasteiger partial charge on any atom is 0.316 e. The van der Waals surface area contributed by atoms with E-state index >= 15 is 0 Å². The average Bonchev–Trinajstić information content (AvgIpc) is 3.02. The van der Waals surface area contributed by atoms with Gasteiger partial charge in [-0.3, -0.25) is 14.9 Å². The lowest BCUT2D eigenvalue weighted by Gasteiger charge is -2.03. The fraction of sp³-hybridized carbons (Fsp3) is 0.143. The molecule has 9 nitrogen and oxygen atoms in total. The molecule has 0 spiro atoms. The van der Waals surface area contributed by atoms with Gasteiger partial charge in [0.05, 0.1) is 23.5 Å². The zero-order valence-electron chi connectivity index (χ0n) is 12.4. The lowest BCUT2D eigenvalue weighted by atomic mass is 10.1. The Bertz CT molecular complexity index is 909. The summed E-state index contributed by atoms with van der Waals surface area (Å²) < 4.78 is 6.11. The van der Waals surface area contributed by atoms with Crippen LogP contribution in [0.3, 0.4) is 0 Å². The number of nitro groups is 1. The van der Waals surface area contributed by atoms with E-state index in [4.69, 9.17) is 0 Å². The van der Waals surface area contributed by atoms with Crippen LogP contribution in [-0.4, -0.2) is 43.3 Å². The monoisotopic (exact) mass is 345 g/mol. The molecule has 24 heavy (non-hydrogen) atoms. The fourth-order valence-corrected chi connectivity index (χ4v) is 2.64. The summed E-state index contributed by atoms with van der Waals surface area (Å²) in [5.74, 6) is 0.0980. The standard InChI is InChI=1S/C14H11N5O4S/c1-23-12(20)8-24-14-16-13-15-7-6-11(18(13)17-14)9-2-4-10(5-3-9)19(21)22/h2-7H,8H2,1H3. The molecule has 0 saturated heterocycles. The molecule has 0 atom stereocenters. The van der Waals surface area contributed by atoms with Crippen molar-refractivity contribution in [3.8, 4) is 11.3 Å². The number of aromatic nitrogens is 4. The van der Waals surface area contributed by atoms with Crippen LogP contribution in [0.25, 0.3) is 17.0 Å². The van der Waals surface area contributed by atoms with Gasteiger partial charge in [0.1, 0.15) is 0 Å². The molecule has 0 aliphatic carbocycles. The predicted molar refractivity (Wildman–Crippen MR) is 85.6 cm³/mol. The minimum atomic E-state index is -0.455. The van der Waals surface area contributed by atoms with Gasteiger partial charge in [0, 0.05) is 23.9 Å². The highest BCUT2D eigenvalue weighted by atomic mass is 32.2. The van der Waals surface area contributed by atoms with Crippen LogP contribution in [0.5, 0.6) is 0 Å². The van der Waals surface area contributed by atoms with Crippen molar-refractivity contribution in [2.24, 2.45) is 0 Å². The fourth-order valence-electron chi connectivity index (χ4n) is 1.99. The van der Waals surface area contributed by atoms with Gasteiger partial charge in [0.25, 0.3) is 11.5 Å². The molecule has 0 bridgehead atoms. The summed E-state index contributed by atoms with van der Waals surface area (Å²) in [6.45, 7) is 0. The van der Waals surface area contributed by atoms with Crippen molar-refractivity contribution in [1.29, 1.82) is 0 Å². The van der Waals surface area contributed by atoms with Gasteiger partial charge in [-0.2, -0.15) is 9.50 Å². The first-order valence-corrected chi connectivity index (χ1v) is 7.73. The molecule has 0 unspecified atom stereocenters. The van der Waals surface area contributed by atoms with Crippen LogP contribution in [0.15, 0.2) is 41.7 Å². The van der Waals surface area contributed by atoms with Gasteiger partial charge < -0.3 is 4.74 Å². The van der Waals surface area contributed by atoms with Crippen molar-refractivity contribution in [3.63, 3.8) is 0 Å². The number of non-ortho nitro benzene ring substituents is 1. The molecule has 122 valence electrons. The molecule has 0 amide bonds. The SMILES string of the molecule is COC(=O)CSc1nc2nccc(-c3ccc([N+](=O)[O-])cc3)n2n1. The predicted octanol–water partition coefficient (Wildman–Crippen LogP) is 1.96. The van der Waals surface area contributed by atoms with E-state index in [9.17, 15) is 14.9 Å². The summed E-state index contributed by atoms with van der Waals surface area (Å²) in [4.78, 5) is 29.9. The van der Waals surface area contributed by atoms with Crippen LogP contribution in [0.4, 0.5) is 5.69 Å². The number of fused-ring (bicyclic) bond motifs is 1. The van der Waals surface area contributed by atoms with Gasteiger partial charge in [-0.05, 0) is 18.2 Å². The number of carbonyl (C=O) groups is 1. The van der Waals surface area contributed by atoms with E-state index in [1.54, 1.807) is 24.4 Å². The first-order valence-electron chi connectivity index (χ1n) is 6.74. The number of nitro benzene ring substituents is 1. The zero-order valence-corrected chi connectivity index (χ0v) is 13.3. The molecule has 2 heterocycles. The molecule has 3 aromatic rings. The van der Waals surface area contributed by atoms with Crippen molar-refractivity contribution < 1.29 is 14.5 Å². The highest BCUT2D eigenvalue weighted by Crippen LogP contribution is 2.23. The van der Waals surface area contributed by atoms with Crippen LogP contribution >= 0.6 is 11.8 Å². The van der Waals surface area contributed by atoms with Crippen LogP contribution in [-0.2, 0) is 9.53 Å². The highest BCUT2D eigenvalue weighted by molar-refractivity contribution is 7.99. The lowest BCUT2D eigenvalue weighted by Crippen LogP contribution is -2.03. The number of hydrogen-bond acceptors (Lipinski definition) is 8. The molecule has 3 rings (SSSR count). The summed E-state index contributed by atoms with van der Waals surface area (Å²) >= 11 is 1.14. The summed E-state index contributed by atoms with van der Waals surface area (Å²) in [6, 6.07) is 7.85. The van der Waals surface area contributed by atoms with Crippen molar-refractivity contribution in [1.82, 2.24) is 19.6 Å². The molecule has 0 aliphatic heterocycles. The number of carbonyl (C=O) groups excluding carboxylic acids is 1.